The molecule has 0 aliphatic rings. The average molecular weight is 203 g/mol. The van der Waals surface area contributed by atoms with Crippen LogP contribution in [-0.4, -0.2) is 35.8 Å². The minimum absolute atomic E-state index is 0.589. The Bertz CT molecular complexity index is 157. The largest absolute Gasteiger partial charge is 0.388 e. The van der Waals surface area contributed by atoms with E-state index in [1.807, 2.05) is 20.1 Å². The second-order valence-corrected chi connectivity index (χ2v) is 4.68. The molecule has 0 spiro atoms. The number of hydrogen-bond donors (Lipinski definition) is 2. The zero-order chi connectivity index (χ0) is 10.3. The van der Waals surface area contributed by atoms with Gasteiger partial charge in [0.15, 0.2) is 0 Å². The van der Waals surface area contributed by atoms with Crippen LogP contribution in [-0.2, 0) is 0 Å². The van der Waals surface area contributed by atoms with E-state index in [9.17, 15) is 5.11 Å². The van der Waals surface area contributed by atoms with Gasteiger partial charge in [0.05, 0.1) is 5.60 Å². The van der Waals surface area contributed by atoms with Crippen molar-refractivity contribution in [3.8, 4) is 0 Å². The van der Waals surface area contributed by atoms with Crippen molar-refractivity contribution >= 4 is 11.8 Å². The van der Waals surface area contributed by atoms with Gasteiger partial charge in [0.1, 0.15) is 0 Å². The van der Waals surface area contributed by atoms with Crippen LogP contribution in [0.4, 0.5) is 0 Å². The fourth-order valence-corrected chi connectivity index (χ4v) is 1.75. The highest BCUT2D eigenvalue weighted by atomic mass is 32.2. The first-order valence-corrected chi connectivity index (χ1v) is 5.94. The lowest BCUT2D eigenvalue weighted by atomic mass is 10.1. The first-order valence-electron chi connectivity index (χ1n) is 4.54. The average Bonchev–Trinajstić information content (AvgIpc) is 1.98. The monoisotopic (exact) mass is 203 g/mol. The standard InChI is InChI=1S/C10H21NOS/c1-9(2)5-6-11-7-10(3,12)8-13-4/h11-12H,1,5-8H2,2-4H3. The van der Waals surface area contributed by atoms with Crippen molar-refractivity contribution in [2.24, 2.45) is 0 Å². The lowest BCUT2D eigenvalue weighted by Crippen LogP contribution is -2.40. The van der Waals surface area contributed by atoms with Gasteiger partial charge in [-0.1, -0.05) is 5.57 Å². The second kappa shape index (κ2) is 6.46. The Hall–Kier alpha value is 0.0100. The molecule has 2 N–H and O–H groups in total. The van der Waals surface area contributed by atoms with Crippen LogP contribution in [0, 0.1) is 0 Å². The summed E-state index contributed by atoms with van der Waals surface area (Å²) in [5.74, 6) is 0.771. The predicted octanol–water partition coefficient (Wildman–Crippen LogP) is 1.66. The van der Waals surface area contributed by atoms with Crippen molar-refractivity contribution in [3.05, 3.63) is 12.2 Å². The molecule has 0 aromatic heterocycles. The lowest BCUT2D eigenvalue weighted by molar-refractivity contribution is 0.0852. The summed E-state index contributed by atoms with van der Waals surface area (Å²) < 4.78 is 0. The molecule has 1 unspecified atom stereocenters. The minimum Gasteiger partial charge on any atom is -0.388 e. The highest BCUT2D eigenvalue weighted by Crippen LogP contribution is 2.08. The molecule has 0 aromatic rings. The molecule has 0 saturated heterocycles. The van der Waals surface area contributed by atoms with Crippen LogP contribution in [0.1, 0.15) is 20.3 Å². The molecular weight excluding hydrogens is 182 g/mol. The molecule has 2 nitrogen and oxygen atoms in total. The quantitative estimate of drug-likeness (QED) is 0.487. The molecule has 1 atom stereocenters. The summed E-state index contributed by atoms with van der Waals surface area (Å²) in [6.07, 6.45) is 2.98. The van der Waals surface area contributed by atoms with E-state index in [0.717, 1.165) is 18.7 Å². The highest BCUT2D eigenvalue weighted by molar-refractivity contribution is 7.98. The zero-order valence-electron chi connectivity index (χ0n) is 8.89. The molecular formula is C10H21NOS. The van der Waals surface area contributed by atoms with Crippen molar-refractivity contribution in [2.75, 3.05) is 25.1 Å². The summed E-state index contributed by atoms with van der Waals surface area (Å²) in [6, 6.07) is 0. The van der Waals surface area contributed by atoms with Crippen LogP contribution in [0.5, 0.6) is 0 Å². The van der Waals surface area contributed by atoms with Crippen LogP contribution < -0.4 is 5.32 Å². The Morgan fingerprint density at radius 1 is 1.62 bits per heavy atom. The summed E-state index contributed by atoms with van der Waals surface area (Å²) >= 11 is 1.67. The number of rotatable bonds is 7. The molecule has 3 heteroatoms. The molecule has 13 heavy (non-hydrogen) atoms. The molecule has 0 heterocycles. The van der Waals surface area contributed by atoms with E-state index in [4.69, 9.17) is 0 Å². The van der Waals surface area contributed by atoms with Crippen molar-refractivity contribution in [2.45, 2.75) is 25.9 Å². The van der Waals surface area contributed by atoms with Gasteiger partial charge in [0.2, 0.25) is 0 Å². The predicted molar refractivity (Wildman–Crippen MR) is 61.3 cm³/mol. The van der Waals surface area contributed by atoms with E-state index in [2.05, 4.69) is 11.9 Å². The Morgan fingerprint density at radius 2 is 2.23 bits per heavy atom. The van der Waals surface area contributed by atoms with Gasteiger partial charge in [-0.3, -0.25) is 0 Å². The smallest absolute Gasteiger partial charge is 0.0833 e. The first-order chi connectivity index (χ1) is 5.98. The molecule has 0 aromatic carbocycles. The number of hydrogen-bond acceptors (Lipinski definition) is 3. The molecule has 0 radical (unpaired) electrons. The minimum atomic E-state index is -0.589. The normalized spacial score (nSPS) is 15.4. The van der Waals surface area contributed by atoms with E-state index in [0.29, 0.717) is 6.54 Å². The highest BCUT2D eigenvalue weighted by Gasteiger charge is 2.18. The fourth-order valence-electron chi connectivity index (χ4n) is 1.02. The van der Waals surface area contributed by atoms with E-state index >= 15 is 0 Å². The van der Waals surface area contributed by atoms with E-state index in [-0.39, 0.29) is 0 Å². The van der Waals surface area contributed by atoms with E-state index < -0.39 is 5.60 Å². The summed E-state index contributed by atoms with van der Waals surface area (Å²) in [6.45, 7) is 9.25. The Kier molecular flexibility index (Phi) is 6.47. The van der Waals surface area contributed by atoms with Crippen LogP contribution in [0.15, 0.2) is 12.2 Å². The first kappa shape index (κ1) is 13.0. The second-order valence-electron chi connectivity index (χ2n) is 3.81. The molecule has 78 valence electrons. The molecule has 0 aliphatic heterocycles. The molecule has 0 rings (SSSR count). The SMILES string of the molecule is C=C(C)CCNCC(C)(O)CSC. The van der Waals surface area contributed by atoms with Crippen molar-refractivity contribution in [3.63, 3.8) is 0 Å². The fraction of sp³-hybridized carbons (Fsp3) is 0.800. The van der Waals surface area contributed by atoms with Gasteiger partial charge in [-0.05, 0) is 33.1 Å². The number of nitrogens with one attached hydrogen (secondary N) is 1. The Morgan fingerprint density at radius 3 is 2.69 bits per heavy atom. The third kappa shape index (κ3) is 8.34. The summed E-state index contributed by atoms with van der Waals surface area (Å²) in [7, 11) is 0. The third-order valence-corrected chi connectivity index (χ3v) is 2.60. The maximum Gasteiger partial charge on any atom is 0.0833 e. The van der Waals surface area contributed by atoms with Crippen LogP contribution in [0.3, 0.4) is 0 Å². The van der Waals surface area contributed by atoms with Crippen molar-refractivity contribution in [1.82, 2.24) is 5.32 Å². The van der Waals surface area contributed by atoms with Crippen molar-refractivity contribution < 1.29 is 5.11 Å². The zero-order valence-corrected chi connectivity index (χ0v) is 9.71. The summed E-state index contributed by atoms with van der Waals surface area (Å²) in [4.78, 5) is 0. The topological polar surface area (TPSA) is 32.3 Å². The van der Waals surface area contributed by atoms with Gasteiger partial charge in [-0.15, -0.1) is 6.58 Å². The maximum atomic E-state index is 9.77. The molecule has 0 aliphatic carbocycles. The lowest BCUT2D eigenvalue weighted by Gasteiger charge is -2.22. The van der Waals surface area contributed by atoms with Gasteiger partial charge >= 0.3 is 0 Å². The summed E-state index contributed by atoms with van der Waals surface area (Å²) in [5, 5.41) is 13.0. The van der Waals surface area contributed by atoms with Crippen molar-refractivity contribution in [1.29, 1.82) is 0 Å². The molecule has 0 bridgehead atoms. The van der Waals surface area contributed by atoms with Gasteiger partial charge in [0, 0.05) is 12.3 Å². The third-order valence-electron chi connectivity index (χ3n) is 1.69. The Balaban J connectivity index is 3.45. The number of thioether (sulfide) groups is 1. The van der Waals surface area contributed by atoms with Crippen LogP contribution >= 0.6 is 11.8 Å². The van der Waals surface area contributed by atoms with Gasteiger partial charge in [0.25, 0.3) is 0 Å². The number of aliphatic hydroxyl groups is 1. The molecule has 0 fully saturated rings. The van der Waals surface area contributed by atoms with Gasteiger partial charge in [-0.25, -0.2) is 0 Å². The molecule has 0 amide bonds. The summed E-state index contributed by atoms with van der Waals surface area (Å²) in [5.41, 5.74) is 0.589. The van der Waals surface area contributed by atoms with Crippen LogP contribution in [0.25, 0.3) is 0 Å². The molecule has 0 saturated carbocycles. The van der Waals surface area contributed by atoms with Gasteiger partial charge in [-0.2, -0.15) is 11.8 Å². The maximum absolute atomic E-state index is 9.77. The van der Waals surface area contributed by atoms with Crippen LogP contribution in [0.2, 0.25) is 0 Å². The Labute approximate surface area is 85.8 Å². The van der Waals surface area contributed by atoms with Gasteiger partial charge < -0.3 is 10.4 Å². The van der Waals surface area contributed by atoms with E-state index in [1.54, 1.807) is 11.8 Å². The van der Waals surface area contributed by atoms with E-state index in [1.165, 1.54) is 5.57 Å².